The second-order valence-electron chi connectivity index (χ2n) is 4.55. The molecule has 3 nitrogen and oxygen atoms in total. The molecule has 98 valence electrons. The van der Waals surface area contributed by atoms with E-state index >= 15 is 0 Å². The Bertz CT molecular complexity index is 396. The summed E-state index contributed by atoms with van der Waals surface area (Å²) in [6, 6.07) is 10.3. The van der Waals surface area contributed by atoms with E-state index in [2.05, 4.69) is 29.5 Å². The average Bonchev–Trinajstić information content (AvgIpc) is 2.69. The standard InChI is InChI=1S/C14H18INO2/c1-2-6-12-13(9-15)18-14(17)16(12)10-11-7-4-3-5-8-11/h3-5,7-8,12-13H,2,6,9-10H2,1H3/t12-,13+/m1/s1. The van der Waals surface area contributed by atoms with Crippen molar-refractivity contribution in [2.45, 2.75) is 38.5 Å². The molecule has 1 aliphatic rings. The van der Waals surface area contributed by atoms with Crippen molar-refractivity contribution in [3.05, 3.63) is 35.9 Å². The summed E-state index contributed by atoms with van der Waals surface area (Å²) in [5, 5.41) is 0. The highest BCUT2D eigenvalue weighted by Crippen LogP contribution is 2.26. The molecule has 1 fully saturated rings. The molecule has 0 aliphatic carbocycles. The van der Waals surface area contributed by atoms with Gasteiger partial charge < -0.3 is 4.74 Å². The van der Waals surface area contributed by atoms with Gasteiger partial charge in [-0.3, -0.25) is 4.90 Å². The Kier molecular flexibility index (Phi) is 4.86. The Morgan fingerprint density at radius 3 is 2.67 bits per heavy atom. The van der Waals surface area contributed by atoms with Gasteiger partial charge in [0.25, 0.3) is 0 Å². The van der Waals surface area contributed by atoms with Gasteiger partial charge in [0, 0.05) is 11.0 Å². The zero-order chi connectivity index (χ0) is 13.0. The number of carbonyl (C=O) groups is 1. The number of rotatable bonds is 5. The highest BCUT2D eigenvalue weighted by Gasteiger charge is 2.40. The molecule has 18 heavy (non-hydrogen) atoms. The van der Waals surface area contributed by atoms with Gasteiger partial charge in [-0.25, -0.2) is 4.79 Å². The number of hydrogen-bond acceptors (Lipinski definition) is 2. The number of alkyl halides is 1. The van der Waals surface area contributed by atoms with Crippen LogP contribution in [0.1, 0.15) is 25.3 Å². The lowest BCUT2D eigenvalue weighted by molar-refractivity contribution is 0.138. The zero-order valence-corrected chi connectivity index (χ0v) is 12.7. The Morgan fingerprint density at radius 2 is 2.06 bits per heavy atom. The van der Waals surface area contributed by atoms with Gasteiger partial charge in [-0.15, -0.1) is 0 Å². The quantitative estimate of drug-likeness (QED) is 0.594. The fraction of sp³-hybridized carbons (Fsp3) is 0.500. The van der Waals surface area contributed by atoms with Crippen LogP contribution >= 0.6 is 22.6 Å². The number of amides is 1. The van der Waals surface area contributed by atoms with Crippen molar-refractivity contribution in [1.82, 2.24) is 4.90 Å². The van der Waals surface area contributed by atoms with Gasteiger partial charge in [0.1, 0.15) is 6.10 Å². The molecular formula is C14H18INO2. The highest BCUT2D eigenvalue weighted by molar-refractivity contribution is 14.1. The minimum Gasteiger partial charge on any atom is -0.443 e. The first-order valence-electron chi connectivity index (χ1n) is 6.33. The van der Waals surface area contributed by atoms with Crippen molar-refractivity contribution in [2.24, 2.45) is 0 Å². The second kappa shape index (κ2) is 6.41. The van der Waals surface area contributed by atoms with E-state index in [-0.39, 0.29) is 18.2 Å². The predicted octanol–water partition coefficient (Wildman–Crippen LogP) is 3.61. The van der Waals surface area contributed by atoms with Crippen LogP contribution in [0.2, 0.25) is 0 Å². The largest absolute Gasteiger partial charge is 0.443 e. The smallest absolute Gasteiger partial charge is 0.410 e. The van der Waals surface area contributed by atoms with Crippen LogP contribution in [-0.2, 0) is 11.3 Å². The summed E-state index contributed by atoms with van der Waals surface area (Å²) in [7, 11) is 0. The number of benzene rings is 1. The van der Waals surface area contributed by atoms with Crippen LogP contribution in [0.4, 0.5) is 4.79 Å². The van der Waals surface area contributed by atoms with E-state index in [0.29, 0.717) is 6.54 Å². The lowest BCUT2D eigenvalue weighted by Crippen LogP contribution is -2.36. The summed E-state index contributed by atoms with van der Waals surface area (Å²) >= 11 is 2.29. The van der Waals surface area contributed by atoms with Gasteiger partial charge in [0.15, 0.2) is 0 Å². The fourth-order valence-corrected chi connectivity index (χ4v) is 3.11. The fourth-order valence-electron chi connectivity index (χ4n) is 2.35. The van der Waals surface area contributed by atoms with E-state index in [1.54, 1.807) is 0 Å². The molecule has 1 aliphatic heterocycles. The molecule has 1 aromatic rings. The molecule has 0 bridgehead atoms. The van der Waals surface area contributed by atoms with Crippen LogP contribution < -0.4 is 0 Å². The first kappa shape index (κ1) is 13.6. The van der Waals surface area contributed by atoms with E-state index in [9.17, 15) is 4.79 Å². The third kappa shape index (κ3) is 2.96. The minimum atomic E-state index is -0.168. The van der Waals surface area contributed by atoms with Gasteiger partial charge in [0.05, 0.1) is 6.04 Å². The van der Waals surface area contributed by atoms with Crippen molar-refractivity contribution in [3.8, 4) is 0 Å². The SMILES string of the molecule is CCC[C@@H]1[C@H](CI)OC(=O)N1Cc1ccccc1. The average molecular weight is 359 g/mol. The van der Waals surface area contributed by atoms with E-state index in [4.69, 9.17) is 4.74 Å². The van der Waals surface area contributed by atoms with Crippen LogP contribution in [0.15, 0.2) is 30.3 Å². The molecule has 0 saturated carbocycles. The Hall–Kier alpha value is -0.780. The molecule has 2 rings (SSSR count). The van der Waals surface area contributed by atoms with Crippen LogP contribution in [0.5, 0.6) is 0 Å². The summed E-state index contributed by atoms with van der Waals surface area (Å²) in [4.78, 5) is 13.8. The summed E-state index contributed by atoms with van der Waals surface area (Å²) in [5.74, 6) is 0. The van der Waals surface area contributed by atoms with E-state index in [1.165, 1.54) is 0 Å². The highest BCUT2D eigenvalue weighted by atomic mass is 127. The predicted molar refractivity (Wildman–Crippen MR) is 79.8 cm³/mol. The molecule has 0 radical (unpaired) electrons. The van der Waals surface area contributed by atoms with Gasteiger partial charge in [0.2, 0.25) is 0 Å². The minimum absolute atomic E-state index is 0.0433. The van der Waals surface area contributed by atoms with Gasteiger partial charge >= 0.3 is 6.09 Å². The van der Waals surface area contributed by atoms with Crippen molar-refractivity contribution in [2.75, 3.05) is 4.43 Å². The van der Waals surface area contributed by atoms with E-state index in [1.807, 2.05) is 35.2 Å². The van der Waals surface area contributed by atoms with Crippen LogP contribution in [0, 0.1) is 0 Å². The maximum absolute atomic E-state index is 11.9. The van der Waals surface area contributed by atoms with Crippen LogP contribution in [0.3, 0.4) is 0 Å². The third-order valence-corrected chi connectivity index (χ3v) is 4.12. The number of hydrogen-bond donors (Lipinski definition) is 0. The molecule has 1 aromatic carbocycles. The molecule has 0 unspecified atom stereocenters. The first-order valence-corrected chi connectivity index (χ1v) is 7.86. The number of nitrogens with zero attached hydrogens (tertiary/aromatic N) is 1. The van der Waals surface area contributed by atoms with E-state index in [0.717, 1.165) is 22.8 Å². The topological polar surface area (TPSA) is 29.5 Å². The zero-order valence-electron chi connectivity index (χ0n) is 10.5. The maximum Gasteiger partial charge on any atom is 0.410 e. The molecule has 0 spiro atoms. The normalized spacial score (nSPS) is 23.2. The molecule has 1 heterocycles. The number of ether oxygens (including phenoxy) is 1. The molecular weight excluding hydrogens is 341 g/mol. The number of cyclic esters (lactones) is 1. The molecule has 2 atom stereocenters. The Labute approximate surface area is 122 Å². The molecule has 4 heteroatoms. The monoisotopic (exact) mass is 359 g/mol. The van der Waals surface area contributed by atoms with Crippen molar-refractivity contribution in [1.29, 1.82) is 0 Å². The summed E-state index contributed by atoms with van der Waals surface area (Å²) in [6.45, 7) is 2.80. The summed E-state index contributed by atoms with van der Waals surface area (Å²) < 4.78 is 6.30. The summed E-state index contributed by atoms with van der Waals surface area (Å²) in [6.07, 6.45) is 1.95. The van der Waals surface area contributed by atoms with Crippen LogP contribution in [0.25, 0.3) is 0 Å². The lowest BCUT2D eigenvalue weighted by atomic mass is 10.1. The number of carbonyl (C=O) groups excluding carboxylic acids is 1. The van der Waals surface area contributed by atoms with Gasteiger partial charge in [-0.1, -0.05) is 66.3 Å². The van der Waals surface area contributed by atoms with Gasteiger partial charge in [-0.05, 0) is 12.0 Å². The number of halogens is 1. The second-order valence-corrected chi connectivity index (χ2v) is 5.43. The molecule has 0 aromatic heterocycles. The van der Waals surface area contributed by atoms with Crippen LogP contribution in [-0.4, -0.2) is 27.6 Å². The third-order valence-electron chi connectivity index (χ3n) is 3.25. The molecule has 1 amide bonds. The lowest BCUT2D eigenvalue weighted by Gasteiger charge is -2.23. The first-order chi connectivity index (χ1) is 8.76. The molecule has 0 N–H and O–H groups in total. The maximum atomic E-state index is 11.9. The summed E-state index contributed by atoms with van der Waals surface area (Å²) in [5.41, 5.74) is 1.16. The van der Waals surface area contributed by atoms with E-state index < -0.39 is 0 Å². The Morgan fingerprint density at radius 1 is 1.33 bits per heavy atom. The Balaban J connectivity index is 2.11. The van der Waals surface area contributed by atoms with Crippen molar-refractivity contribution >= 4 is 28.7 Å². The van der Waals surface area contributed by atoms with Crippen molar-refractivity contribution in [3.63, 3.8) is 0 Å². The molecule has 1 saturated heterocycles. The van der Waals surface area contributed by atoms with Crippen molar-refractivity contribution < 1.29 is 9.53 Å². The van der Waals surface area contributed by atoms with Gasteiger partial charge in [-0.2, -0.15) is 0 Å².